The lowest BCUT2D eigenvalue weighted by Crippen LogP contribution is -2.38. The lowest BCUT2D eigenvalue weighted by Gasteiger charge is -2.33. The van der Waals surface area contributed by atoms with Crippen LogP contribution in [0.3, 0.4) is 0 Å². The average Bonchev–Trinajstić information content (AvgIpc) is 2.56. The Kier molecular flexibility index (Phi) is 4.65. The first kappa shape index (κ1) is 15.3. The standard InChI is InChI=1S/C18H27N3O/c1-14-3-7-20(8-4-14)17-11-16(12-19-13-17)18(22)21-9-5-15(2)6-10-21/h11-15H,3-10H2,1-2H3. The van der Waals surface area contributed by atoms with Crippen LogP contribution in [0.1, 0.15) is 49.9 Å². The number of hydrogen-bond donors (Lipinski definition) is 0. The van der Waals surface area contributed by atoms with Crippen molar-refractivity contribution in [2.75, 3.05) is 31.1 Å². The van der Waals surface area contributed by atoms with Gasteiger partial charge in [0.15, 0.2) is 0 Å². The normalized spacial score (nSPS) is 21.2. The van der Waals surface area contributed by atoms with Crippen LogP contribution in [-0.2, 0) is 0 Å². The predicted molar refractivity (Wildman–Crippen MR) is 89.1 cm³/mol. The van der Waals surface area contributed by atoms with E-state index in [0.717, 1.165) is 62.1 Å². The largest absolute Gasteiger partial charge is 0.370 e. The van der Waals surface area contributed by atoms with Crippen LogP contribution in [0, 0.1) is 11.8 Å². The number of anilines is 1. The Morgan fingerprint density at radius 2 is 1.59 bits per heavy atom. The summed E-state index contributed by atoms with van der Waals surface area (Å²) in [5, 5.41) is 0. The van der Waals surface area contributed by atoms with Crippen molar-refractivity contribution in [2.45, 2.75) is 39.5 Å². The highest BCUT2D eigenvalue weighted by Crippen LogP contribution is 2.24. The van der Waals surface area contributed by atoms with Gasteiger partial charge in [-0.05, 0) is 43.6 Å². The molecule has 0 atom stereocenters. The molecule has 120 valence electrons. The summed E-state index contributed by atoms with van der Waals surface area (Å²) in [6.45, 7) is 8.48. The van der Waals surface area contributed by atoms with Crippen LogP contribution < -0.4 is 4.90 Å². The molecule has 1 aromatic heterocycles. The highest BCUT2D eigenvalue weighted by atomic mass is 16.2. The van der Waals surface area contributed by atoms with Crippen molar-refractivity contribution < 1.29 is 4.79 Å². The fourth-order valence-electron chi connectivity index (χ4n) is 3.38. The summed E-state index contributed by atoms with van der Waals surface area (Å²) in [7, 11) is 0. The van der Waals surface area contributed by atoms with E-state index < -0.39 is 0 Å². The minimum Gasteiger partial charge on any atom is -0.370 e. The molecule has 1 amide bonds. The fourth-order valence-corrected chi connectivity index (χ4v) is 3.38. The van der Waals surface area contributed by atoms with Gasteiger partial charge < -0.3 is 9.80 Å². The van der Waals surface area contributed by atoms with Gasteiger partial charge >= 0.3 is 0 Å². The lowest BCUT2D eigenvalue weighted by molar-refractivity contribution is 0.0697. The van der Waals surface area contributed by atoms with Crippen LogP contribution in [0.15, 0.2) is 18.5 Å². The summed E-state index contributed by atoms with van der Waals surface area (Å²) in [6.07, 6.45) is 8.29. The van der Waals surface area contributed by atoms with Gasteiger partial charge in [0.1, 0.15) is 0 Å². The van der Waals surface area contributed by atoms with Crippen molar-refractivity contribution in [3.63, 3.8) is 0 Å². The van der Waals surface area contributed by atoms with Crippen LogP contribution >= 0.6 is 0 Å². The predicted octanol–water partition coefficient (Wildman–Crippen LogP) is 3.19. The van der Waals surface area contributed by atoms with Crippen LogP contribution in [0.2, 0.25) is 0 Å². The number of amides is 1. The molecule has 0 saturated carbocycles. The Labute approximate surface area is 133 Å². The summed E-state index contributed by atoms with van der Waals surface area (Å²) in [5.41, 5.74) is 1.84. The SMILES string of the molecule is CC1CCN(C(=O)c2cncc(N3CCC(C)CC3)c2)CC1. The number of carbonyl (C=O) groups excluding carboxylic acids is 1. The third kappa shape index (κ3) is 3.42. The zero-order chi connectivity index (χ0) is 15.5. The first-order valence-electron chi connectivity index (χ1n) is 8.63. The maximum Gasteiger partial charge on any atom is 0.255 e. The third-order valence-corrected chi connectivity index (χ3v) is 5.19. The molecule has 3 rings (SSSR count). The molecule has 4 heteroatoms. The van der Waals surface area contributed by atoms with E-state index in [9.17, 15) is 4.79 Å². The molecule has 2 aliphatic heterocycles. The highest BCUT2D eigenvalue weighted by molar-refractivity contribution is 5.94. The van der Waals surface area contributed by atoms with Gasteiger partial charge in [-0.15, -0.1) is 0 Å². The first-order valence-corrected chi connectivity index (χ1v) is 8.63. The summed E-state index contributed by atoms with van der Waals surface area (Å²) in [5.74, 6) is 1.69. The molecule has 0 aliphatic carbocycles. The van der Waals surface area contributed by atoms with Gasteiger partial charge in [-0.2, -0.15) is 0 Å². The lowest BCUT2D eigenvalue weighted by atomic mass is 9.98. The minimum atomic E-state index is 0.145. The number of rotatable bonds is 2. The summed E-state index contributed by atoms with van der Waals surface area (Å²) in [4.78, 5) is 21.3. The second kappa shape index (κ2) is 6.67. The zero-order valence-corrected chi connectivity index (χ0v) is 13.8. The van der Waals surface area contributed by atoms with E-state index in [0.29, 0.717) is 0 Å². The number of nitrogens with zero attached hydrogens (tertiary/aromatic N) is 3. The van der Waals surface area contributed by atoms with E-state index in [-0.39, 0.29) is 5.91 Å². The number of carbonyl (C=O) groups is 1. The van der Waals surface area contributed by atoms with E-state index >= 15 is 0 Å². The van der Waals surface area contributed by atoms with Gasteiger partial charge in [0, 0.05) is 32.4 Å². The number of piperidine rings is 2. The van der Waals surface area contributed by atoms with Crippen molar-refractivity contribution in [1.29, 1.82) is 0 Å². The molecule has 0 spiro atoms. The minimum absolute atomic E-state index is 0.145. The maximum absolute atomic E-state index is 12.7. The van der Waals surface area contributed by atoms with E-state index in [4.69, 9.17) is 0 Å². The second-order valence-electron chi connectivity index (χ2n) is 7.08. The van der Waals surface area contributed by atoms with E-state index in [1.807, 2.05) is 17.2 Å². The van der Waals surface area contributed by atoms with Crippen LogP contribution in [0.25, 0.3) is 0 Å². The summed E-state index contributed by atoms with van der Waals surface area (Å²) in [6, 6.07) is 2.03. The van der Waals surface area contributed by atoms with Crippen LogP contribution in [0.4, 0.5) is 5.69 Å². The van der Waals surface area contributed by atoms with Crippen molar-refractivity contribution >= 4 is 11.6 Å². The Balaban J connectivity index is 1.69. The molecule has 2 saturated heterocycles. The molecule has 0 aromatic carbocycles. The molecule has 0 unspecified atom stereocenters. The van der Waals surface area contributed by atoms with Crippen molar-refractivity contribution in [1.82, 2.24) is 9.88 Å². The van der Waals surface area contributed by atoms with Crippen LogP contribution in [0.5, 0.6) is 0 Å². The summed E-state index contributed by atoms with van der Waals surface area (Å²) >= 11 is 0. The highest BCUT2D eigenvalue weighted by Gasteiger charge is 2.23. The Morgan fingerprint density at radius 1 is 1.00 bits per heavy atom. The molecule has 0 radical (unpaired) electrons. The van der Waals surface area contributed by atoms with Gasteiger partial charge in [-0.1, -0.05) is 13.8 Å². The van der Waals surface area contributed by atoms with Gasteiger partial charge in [0.25, 0.3) is 5.91 Å². The molecule has 3 heterocycles. The van der Waals surface area contributed by atoms with Crippen molar-refractivity contribution in [2.24, 2.45) is 11.8 Å². The second-order valence-corrected chi connectivity index (χ2v) is 7.08. The third-order valence-electron chi connectivity index (χ3n) is 5.19. The van der Waals surface area contributed by atoms with E-state index in [2.05, 4.69) is 23.7 Å². The quantitative estimate of drug-likeness (QED) is 0.841. The topological polar surface area (TPSA) is 36.4 Å². The van der Waals surface area contributed by atoms with Gasteiger partial charge in [0.05, 0.1) is 17.4 Å². The first-order chi connectivity index (χ1) is 10.6. The van der Waals surface area contributed by atoms with E-state index in [1.165, 1.54) is 12.8 Å². The van der Waals surface area contributed by atoms with Crippen molar-refractivity contribution in [3.8, 4) is 0 Å². The zero-order valence-electron chi connectivity index (χ0n) is 13.8. The fraction of sp³-hybridized carbons (Fsp3) is 0.667. The van der Waals surface area contributed by atoms with Gasteiger partial charge in [-0.3, -0.25) is 9.78 Å². The smallest absolute Gasteiger partial charge is 0.255 e. The average molecular weight is 301 g/mol. The Bertz CT molecular complexity index is 515. The molecular formula is C18H27N3O. The number of likely N-dealkylation sites (tertiary alicyclic amines) is 1. The molecule has 4 nitrogen and oxygen atoms in total. The Morgan fingerprint density at radius 3 is 2.23 bits per heavy atom. The Hall–Kier alpha value is -1.58. The van der Waals surface area contributed by atoms with E-state index in [1.54, 1.807) is 6.20 Å². The number of pyridine rings is 1. The number of aromatic nitrogens is 1. The molecule has 0 N–H and O–H groups in total. The number of hydrogen-bond acceptors (Lipinski definition) is 3. The molecule has 2 fully saturated rings. The summed E-state index contributed by atoms with van der Waals surface area (Å²) < 4.78 is 0. The molecular weight excluding hydrogens is 274 g/mol. The maximum atomic E-state index is 12.7. The molecule has 22 heavy (non-hydrogen) atoms. The van der Waals surface area contributed by atoms with Gasteiger partial charge in [-0.25, -0.2) is 0 Å². The molecule has 1 aromatic rings. The molecule has 2 aliphatic rings. The monoisotopic (exact) mass is 301 g/mol. The van der Waals surface area contributed by atoms with Gasteiger partial charge in [0.2, 0.25) is 0 Å². The van der Waals surface area contributed by atoms with Crippen LogP contribution in [-0.4, -0.2) is 42.0 Å². The molecule has 0 bridgehead atoms. The van der Waals surface area contributed by atoms with Crippen molar-refractivity contribution in [3.05, 3.63) is 24.0 Å².